The molecule has 0 N–H and O–H groups in total. The topological polar surface area (TPSA) is 0 Å². The van der Waals surface area contributed by atoms with Gasteiger partial charge in [-0.1, -0.05) is 27.7 Å². The highest BCUT2D eigenvalue weighted by Gasteiger charge is 2.70. The molecule has 0 heteroatoms. The van der Waals surface area contributed by atoms with Crippen LogP contribution in [0.15, 0.2) is 0 Å². The van der Waals surface area contributed by atoms with Crippen LogP contribution in [0.3, 0.4) is 0 Å². The van der Waals surface area contributed by atoms with Gasteiger partial charge >= 0.3 is 0 Å². The molecular formula is C11H20. The van der Waals surface area contributed by atoms with E-state index in [0.29, 0.717) is 0 Å². The molecule has 2 aliphatic rings. The largest absolute Gasteiger partial charge is 0.0622 e. The lowest BCUT2D eigenvalue weighted by Gasteiger charge is -2.25. The van der Waals surface area contributed by atoms with Crippen molar-refractivity contribution in [3.05, 3.63) is 0 Å². The number of hydrogen-bond donors (Lipinski definition) is 0. The summed E-state index contributed by atoms with van der Waals surface area (Å²) in [5.41, 5.74) is 1.51. The summed E-state index contributed by atoms with van der Waals surface area (Å²) in [6, 6.07) is 0. The maximum Gasteiger partial charge on any atom is -0.0189 e. The number of hydrogen-bond acceptors (Lipinski definition) is 0. The van der Waals surface area contributed by atoms with Crippen molar-refractivity contribution in [3.63, 3.8) is 0 Å². The van der Waals surface area contributed by atoms with E-state index < -0.39 is 0 Å². The Hall–Kier alpha value is 0. The van der Waals surface area contributed by atoms with Crippen LogP contribution in [0.5, 0.6) is 0 Å². The van der Waals surface area contributed by atoms with Gasteiger partial charge in [0.05, 0.1) is 0 Å². The fourth-order valence-electron chi connectivity index (χ4n) is 3.95. The quantitative estimate of drug-likeness (QED) is 0.539. The summed E-state index contributed by atoms with van der Waals surface area (Å²) in [5.74, 6) is 1.90. The van der Waals surface area contributed by atoms with Gasteiger partial charge in [-0.2, -0.15) is 0 Å². The van der Waals surface area contributed by atoms with Gasteiger partial charge in [-0.25, -0.2) is 0 Å². The van der Waals surface area contributed by atoms with E-state index in [1.165, 1.54) is 19.3 Å². The third-order valence-electron chi connectivity index (χ3n) is 4.72. The van der Waals surface area contributed by atoms with E-state index in [1.807, 2.05) is 0 Å². The Balaban J connectivity index is 2.27. The zero-order valence-corrected chi connectivity index (χ0v) is 8.28. The summed E-state index contributed by atoms with van der Waals surface area (Å²) in [5, 5.41) is 0. The second-order valence-electron chi connectivity index (χ2n) is 5.37. The van der Waals surface area contributed by atoms with Gasteiger partial charge in [-0.15, -0.1) is 0 Å². The Labute approximate surface area is 70.4 Å². The van der Waals surface area contributed by atoms with E-state index in [9.17, 15) is 0 Å². The highest BCUT2D eigenvalue weighted by atomic mass is 14.7. The first kappa shape index (κ1) is 7.64. The zero-order chi connectivity index (χ0) is 8.28. The van der Waals surface area contributed by atoms with Gasteiger partial charge in [0.25, 0.3) is 0 Å². The summed E-state index contributed by atoms with van der Waals surface area (Å²) >= 11 is 0. The van der Waals surface area contributed by atoms with Crippen LogP contribution in [0.4, 0.5) is 0 Å². The predicted octanol–water partition coefficient (Wildman–Crippen LogP) is 3.47. The standard InChI is InChI=1S/C11H20/c1-8(2)11-7-10(11,4)6-5-9(11)3/h8-9H,5-7H2,1-4H3. The molecule has 0 radical (unpaired) electrons. The molecule has 0 heterocycles. The van der Waals surface area contributed by atoms with Crippen molar-refractivity contribution in [1.82, 2.24) is 0 Å². The number of fused-ring (bicyclic) bond motifs is 1. The number of rotatable bonds is 1. The lowest BCUT2D eigenvalue weighted by Crippen LogP contribution is -2.19. The Morgan fingerprint density at radius 2 is 2.00 bits per heavy atom. The molecule has 2 rings (SSSR count). The van der Waals surface area contributed by atoms with E-state index >= 15 is 0 Å². The average molecular weight is 152 g/mol. The summed E-state index contributed by atoms with van der Waals surface area (Å²) < 4.78 is 0. The smallest absolute Gasteiger partial charge is 0.0189 e. The van der Waals surface area contributed by atoms with E-state index in [-0.39, 0.29) is 0 Å². The Kier molecular flexibility index (Phi) is 1.28. The minimum atomic E-state index is 0.751. The highest BCUT2D eigenvalue weighted by Crippen LogP contribution is 2.78. The van der Waals surface area contributed by atoms with E-state index in [4.69, 9.17) is 0 Å². The van der Waals surface area contributed by atoms with Crippen molar-refractivity contribution in [1.29, 1.82) is 0 Å². The third-order valence-corrected chi connectivity index (χ3v) is 4.72. The van der Waals surface area contributed by atoms with Crippen LogP contribution in [0.25, 0.3) is 0 Å². The lowest BCUT2D eigenvalue weighted by atomic mass is 9.80. The molecule has 2 aliphatic carbocycles. The van der Waals surface area contributed by atoms with Crippen LogP contribution < -0.4 is 0 Å². The summed E-state index contributed by atoms with van der Waals surface area (Å²) in [6.45, 7) is 9.77. The highest BCUT2D eigenvalue weighted by molar-refractivity contribution is 5.19. The minimum absolute atomic E-state index is 0.751. The summed E-state index contributed by atoms with van der Waals surface area (Å²) in [6.07, 6.45) is 4.49. The first-order valence-corrected chi connectivity index (χ1v) is 5.03. The van der Waals surface area contributed by atoms with E-state index in [1.54, 1.807) is 0 Å². The first-order chi connectivity index (χ1) is 5.03. The maximum absolute atomic E-state index is 2.50. The van der Waals surface area contributed by atoms with Crippen LogP contribution in [0.2, 0.25) is 0 Å². The second-order valence-corrected chi connectivity index (χ2v) is 5.37. The molecule has 0 aromatic heterocycles. The van der Waals surface area contributed by atoms with Crippen LogP contribution >= 0.6 is 0 Å². The monoisotopic (exact) mass is 152 g/mol. The molecular weight excluding hydrogens is 132 g/mol. The zero-order valence-electron chi connectivity index (χ0n) is 8.28. The Bertz CT molecular complexity index is 182. The van der Waals surface area contributed by atoms with Crippen molar-refractivity contribution in [2.24, 2.45) is 22.7 Å². The molecule has 0 aromatic rings. The molecule has 2 fully saturated rings. The van der Waals surface area contributed by atoms with Crippen LogP contribution in [-0.4, -0.2) is 0 Å². The van der Waals surface area contributed by atoms with Gasteiger partial charge < -0.3 is 0 Å². The fraction of sp³-hybridized carbons (Fsp3) is 1.00. The normalized spacial score (nSPS) is 54.8. The Morgan fingerprint density at radius 1 is 1.36 bits per heavy atom. The molecule has 0 aromatic carbocycles. The molecule has 3 atom stereocenters. The minimum Gasteiger partial charge on any atom is -0.0622 e. The lowest BCUT2D eigenvalue weighted by molar-refractivity contribution is 0.233. The molecule has 0 nitrogen and oxygen atoms in total. The van der Waals surface area contributed by atoms with Gasteiger partial charge in [-0.05, 0) is 41.9 Å². The molecule has 64 valence electrons. The van der Waals surface area contributed by atoms with Crippen molar-refractivity contribution < 1.29 is 0 Å². The van der Waals surface area contributed by atoms with Crippen LogP contribution in [0.1, 0.15) is 47.0 Å². The molecule has 0 bridgehead atoms. The van der Waals surface area contributed by atoms with Crippen molar-refractivity contribution in [2.45, 2.75) is 47.0 Å². The van der Waals surface area contributed by atoms with Crippen molar-refractivity contribution in [2.75, 3.05) is 0 Å². The molecule has 11 heavy (non-hydrogen) atoms. The second kappa shape index (κ2) is 1.84. The van der Waals surface area contributed by atoms with Crippen LogP contribution in [0, 0.1) is 22.7 Å². The molecule has 0 aliphatic heterocycles. The third kappa shape index (κ3) is 0.666. The molecule has 0 amide bonds. The van der Waals surface area contributed by atoms with Crippen molar-refractivity contribution >= 4 is 0 Å². The van der Waals surface area contributed by atoms with Crippen LogP contribution in [-0.2, 0) is 0 Å². The molecule has 0 saturated heterocycles. The van der Waals surface area contributed by atoms with Gasteiger partial charge in [0.2, 0.25) is 0 Å². The van der Waals surface area contributed by atoms with Gasteiger partial charge in [0.15, 0.2) is 0 Å². The molecule has 2 saturated carbocycles. The summed E-state index contributed by atoms with van der Waals surface area (Å²) in [4.78, 5) is 0. The average Bonchev–Trinajstić information content (AvgIpc) is 2.47. The Morgan fingerprint density at radius 3 is 2.18 bits per heavy atom. The SMILES string of the molecule is CC(C)C12CC1(C)CCC2C. The summed E-state index contributed by atoms with van der Waals surface area (Å²) in [7, 11) is 0. The van der Waals surface area contributed by atoms with Gasteiger partial charge in [0, 0.05) is 0 Å². The first-order valence-electron chi connectivity index (χ1n) is 5.03. The maximum atomic E-state index is 2.50. The predicted molar refractivity (Wildman–Crippen MR) is 48.4 cm³/mol. The van der Waals surface area contributed by atoms with Gasteiger partial charge in [0.1, 0.15) is 0 Å². The fourth-order valence-corrected chi connectivity index (χ4v) is 3.95. The van der Waals surface area contributed by atoms with E-state index in [0.717, 1.165) is 22.7 Å². The van der Waals surface area contributed by atoms with Crippen molar-refractivity contribution in [3.8, 4) is 0 Å². The molecule has 0 spiro atoms. The molecule has 3 unspecified atom stereocenters. The van der Waals surface area contributed by atoms with E-state index in [2.05, 4.69) is 27.7 Å². The van der Waals surface area contributed by atoms with Gasteiger partial charge in [-0.3, -0.25) is 0 Å².